The van der Waals surface area contributed by atoms with E-state index in [1.54, 1.807) is 0 Å². The second-order valence-corrected chi connectivity index (χ2v) is 4.27. The van der Waals surface area contributed by atoms with E-state index in [9.17, 15) is 9.90 Å². The number of carbonyl (C=O) groups is 1. The molecule has 0 N–H and O–H groups in total. The highest BCUT2D eigenvalue weighted by Gasteiger charge is 2.11. The zero-order valence-electron chi connectivity index (χ0n) is 9.70. The predicted octanol–water partition coefficient (Wildman–Crippen LogP) is 0.448. The lowest BCUT2D eigenvalue weighted by molar-refractivity contribution is -0.304. The summed E-state index contributed by atoms with van der Waals surface area (Å²) in [5.74, 6) is -0.552. The van der Waals surface area contributed by atoms with Gasteiger partial charge in [0.2, 0.25) is 0 Å². The van der Waals surface area contributed by atoms with Crippen molar-refractivity contribution in [3.63, 3.8) is 0 Å². The summed E-state index contributed by atoms with van der Waals surface area (Å²) in [6, 6.07) is 0. The van der Waals surface area contributed by atoms with E-state index >= 15 is 0 Å². The Hall–Kier alpha value is -1.32. The number of hydrogen-bond acceptors (Lipinski definition) is 3. The van der Waals surface area contributed by atoms with Crippen LogP contribution in [0.15, 0.2) is 0 Å². The van der Waals surface area contributed by atoms with Gasteiger partial charge in [-0.2, -0.15) is 5.10 Å². The molecule has 1 heterocycles. The number of carboxylic acid groups (broad SMARTS) is 1. The maximum Gasteiger partial charge on any atom is 0.0632 e. The Morgan fingerprint density at radius 2 is 2.07 bits per heavy atom. The van der Waals surface area contributed by atoms with Crippen LogP contribution in [-0.4, -0.2) is 15.7 Å². The van der Waals surface area contributed by atoms with E-state index < -0.39 is 5.97 Å². The number of aliphatic carboxylic acids is 1. The molecule has 0 saturated heterocycles. The molecule has 84 valence electrons. The van der Waals surface area contributed by atoms with E-state index in [4.69, 9.17) is 0 Å². The monoisotopic (exact) mass is 209 g/mol. The molecule has 0 saturated carbocycles. The van der Waals surface area contributed by atoms with E-state index in [-0.39, 0.29) is 6.42 Å². The quantitative estimate of drug-likeness (QED) is 0.723. The molecular weight excluding hydrogens is 192 g/mol. The molecule has 0 aliphatic heterocycles. The van der Waals surface area contributed by atoms with Crippen molar-refractivity contribution in [3.05, 3.63) is 17.0 Å². The van der Waals surface area contributed by atoms with Gasteiger partial charge >= 0.3 is 0 Å². The number of nitrogens with zero attached hydrogens (tertiary/aromatic N) is 2. The number of aryl methyl sites for hydroxylation is 1. The van der Waals surface area contributed by atoms with Crippen LogP contribution in [0.2, 0.25) is 0 Å². The molecular formula is C11H17N2O2-. The fraction of sp³-hybridized carbons (Fsp3) is 0.636. The van der Waals surface area contributed by atoms with Crippen molar-refractivity contribution >= 4 is 5.97 Å². The maximum absolute atomic E-state index is 10.6. The molecule has 0 atom stereocenters. The standard InChI is InChI=1S/C11H18N2O2/c1-7(2)6-13-9(4)10(5-11(14)15)8(3)12-13/h7H,5-6H2,1-4H3,(H,14,15)/p-1. The van der Waals surface area contributed by atoms with Crippen LogP contribution in [0.3, 0.4) is 0 Å². The van der Waals surface area contributed by atoms with Gasteiger partial charge in [0.25, 0.3) is 0 Å². The first kappa shape index (κ1) is 11.8. The molecule has 0 aliphatic rings. The van der Waals surface area contributed by atoms with Gasteiger partial charge in [0.1, 0.15) is 0 Å². The van der Waals surface area contributed by atoms with Gasteiger partial charge in [0.05, 0.1) is 5.69 Å². The van der Waals surface area contributed by atoms with Gasteiger partial charge in [0, 0.05) is 30.2 Å². The van der Waals surface area contributed by atoms with E-state index in [1.807, 2.05) is 18.5 Å². The fourth-order valence-corrected chi connectivity index (χ4v) is 1.66. The van der Waals surface area contributed by atoms with Gasteiger partial charge in [-0.05, 0) is 19.8 Å². The van der Waals surface area contributed by atoms with E-state index in [2.05, 4.69) is 18.9 Å². The van der Waals surface area contributed by atoms with Crippen LogP contribution in [0.1, 0.15) is 30.8 Å². The van der Waals surface area contributed by atoms with Gasteiger partial charge in [-0.1, -0.05) is 13.8 Å². The highest BCUT2D eigenvalue weighted by molar-refractivity contribution is 5.68. The number of aromatic nitrogens is 2. The smallest absolute Gasteiger partial charge is 0.0632 e. The minimum Gasteiger partial charge on any atom is -0.550 e. The molecule has 0 bridgehead atoms. The van der Waals surface area contributed by atoms with Crippen LogP contribution in [-0.2, 0) is 17.8 Å². The average Bonchev–Trinajstić information content (AvgIpc) is 2.31. The zero-order chi connectivity index (χ0) is 11.6. The van der Waals surface area contributed by atoms with Gasteiger partial charge < -0.3 is 9.90 Å². The van der Waals surface area contributed by atoms with Crippen LogP contribution < -0.4 is 5.11 Å². The number of hydrogen-bond donors (Lipinski definition) is 0. The average molecular weight is 209 g/mol. The first-order chi connectivity index (χ1) is 6.91. The first-order valence-electron chi connectivity index (χ1n) is 5.14. The summed E-state index contributed by atoms with van der Waals surface area (Å²) < 4.78 is 1.87. The minimum absolute atomic E-state index is 0.0459. The molecule has 15 heavy (non-hydrogen) atoms. The van der Waals surface area contributed by atoms with Crippen LogP contribution in [0, 0.1) is 19.8 Å². The molecule has 0 aromatic carbocycles. The lowest BCUT2D eigenvalue weighted by Crippen LogP contribution is -2.25. The highest BCUT2D eigenvalue weighted by atomic mass is 16.4. The molecule has 4 nitrogen and oxygen atoms in total. The Balaban J connectivity index is 2.98. The third-order valence-electron chi connectivity index (χ3n) is 2.39. The zero-order valence-corrected chi connectivity index (χ0v) is 9.70. The van der Waals surface area contributed by atoms with Crippen LogP contribution in [0.5, 0.6) is 0 Å². The maximum atomic E-state index is 10.6. The fourth-order valence-electron chi connectivity index (χ4n) is 1.66. The van der Waals surface area contributed by atoms with Gasteiger partial charge in [0.15, 0.2) is 0 Å². The predicted molar refractivity (Wildman–Crippen MR) is 55.3 cm³/mol. The molecule has 0 unspecified atom stereocenters. The Labute approximate surface area is 89.9 Å². The third kappa shape index (κ3) is 2.81. The topological polar surface area (TPSA) is 58.0 Å². The number of carboxylic acids is 1. The van der Waals surface area contributed by atoms with Crippen molar-refractivity contribution in [1.29, 1.82) is 0 Å². The molecule has 0 fully saturated rings. The Morgan fingerprint density at radius 3 is 2.53 bits per heavy atom. The van der Waals surface area contributed by atoms with E-state index in [1.165, 1.54) is 0 Å². The van der Waals surface area contributed by atoms with E-state index in [0.29, 0.717) is 5.92 Å². The van der Waals surface area contributed by atoms with Crippen molar-refractivity contribution in [2.24, 2.45) is 5.92 Å². The Morgan fingerprint density at radius 1 is 1.47 bits per heavy atom. The molecule has 1 rings (SSSR count). The van der Waals surface area contributed by atoms with Crippen LogP contribution >= 0.6 is 0 Å². The highest BCUT2D eigenvalue weighted by Crippen LogP contribution is 2.14. The molecule has 1 aromatic rings. The van der Waals surface area contributed by atoms with Crippen molar-refractivity contribution < 1.29 is 9.90 Å². The molecule has 0 spiro atoms. The largest absolute Gasteiger partial charge is 0.550 e. The van der Waals surface area contributed by atoms with Gasteiger partial charge in [-0.15, -0.1) is 0 Å². The van der Waals surface area contributed by atoms with Crippen molar-refractivity contribution in [3.8, 4) is 0 Å². The molecule has 0 aliphatic carbocycles. The van der Waals surface area contributed by atoms with E-state index in [0.717, 1.165) is 23.5 Å². The van der Waals surface area contributed by atoms with Gasteiger partial charge in [-0.25, -0.2) is 0 Å². The summed E-state index contributed by atoms with van der Waals surface area (Å²) in [7, 11) is 0. The molecule has 0 radical (unpaired) electrons. The minimum atomic E-state index is -1.05. The summed E-state index contributed by atoms with van der Waals surface area (Å²) in [5.41, 5.74) is 2.51. The summed E-state index contributed by atoms with van der Waals surface area (Å²) in [5, 5.41) is 14.9. The van der Waals surface area contributed by atoms with Crippen molar-refractivity contribution in [1.82, 2.24) is 9.78 Å². The summed E-state index contributed by atoms with van der Waals surface area (Å²) in [4.78, 5) is 10.6. The van der Waals surface area contributed by atoms with Crippen LogP contribution in [0.25, 0.3) is 0 Å². The Bertz CT molecular complexity index is 367. The SMILES string of the molecule is Cc1nn(CC(C)C)c(C)c1CC(=O)[O-]. The number of rotatable bonds is 4. The normalized spacial score (nSPS) is 11.0. The molecule has 1 aromatic heterocycles. The summed E-state index contributed by atoms with van der Waals surface area (Å²) >= 11 is 0. The molecule has 0 amide bonds. The van der Waals surface area contributed by atoms with Crippen molar-refractivity contribution in [2.75, 3.05) is 0 Å². The lowest BCUT2D eigenvalue weighted by atomic mass is 10.1. The second-order valence-electron chi connectivity index (χ2n) is 4.27. The third-order valence-corrected chi connectivity index (χ3v) is 2.39. The van der Waals surface area contributed by atoms with Crippen molar-refractivity contribution in [2.45, 2.75) is 40.7 Å². The first-order valence-corrected chi connectivity index (χ1v) is 5.14. The second kappa shape index (κ2) is 4.47. The Kier molecular flexibility index (Phi) is 3.50. The van der Waals surface area contributed by atoms with Gasteiger partial charge in [-0.3, -0.25) is 4.68 Å². The summed E-state index contributed by atoms with van der Waals surface area (Å²) in [6.07, 6.45) is -0.0459. The lowest BCUT2D eigenvalue weighted by Gasteiger charge is -2.08. The molecule has 4 heteroatoms. The van der Waals surface area contributed by atoms with Crippen LogP contribution in [0.4, 0.5) is 0 Å². The number of carbonyl (C=O) groups excluding carboxylic acids is 1. The summed E-state index contributed by atoms with van der Waals surface area (Å²) in [6.45, 7) is 8.77.